The number of aromatic nitrogens is 3. The van der Waals surface area contributed by atoms with Crippen LogP contribution in [0.25, 0.3) is 10.9 Å². The molecule has 9 rings (SSSR count). The number of hydrogen-bond donors (Lipinski definition) is 3. The number of fused-ring (bicyclic) bond motifs is 2. The van der Waals surface area contributed by atoms with Gasteiger partial charge >= 0.3 is 0 Å². The lowest BCUT2D eigenvalue weighted by Crippen LogP contribution is -2.56. The van der Waals surface area contributed by atoms with Crippen molar-refractivity contribution in [3.8, 4) is 5.75 Å². The SMILES string of the molecule is CC(C)n1c(=O)c(OCC(N)=O)cc2cc(Nc3nc(N4CCC(O[C@H]5C[C@H](N6CCN(c7ccc8c(c7)C(=O)N(C7CCC(=O)NC7=O)C8=O)CC6)C5)CC4)ncc3Cl)ccc21. The zero-order valence-corrected chi connectivity index (χ0v) is 35.8. The van der Waals surface area contributed by atoms with E-state index in [4.69, 9.17) is 31.8 Å². The number of nitrogens with zero attached hydrogens (tertiary/aromatic N) is 7. The van der Waals surface area contributed by atoms with E-state index >= 15 is 0 Å². The Kier molecular flexibility index (Phi) is 11.5. The Morgan fingerprint density at radius 2 is 1.65 bits per heavy atom. The molecule has 0 radical (unpaired) electrons. The highest BCUT2D eigenvalue weighted by atomic mass is 35.5. The minimum atomic E-state index is -0.984. The molecule has 63 heavy (non-hydrogen) atoms. The third kappa shape index (κ3) is 8.41. The smallest absolute Gasteiger partial charge is 0.293 e. The first-order valence-corrected chi connectivity index (χ1v) is 21.8. The molecule has 2 aromatic carbocycles. The van der Waals surface area contributed by atoms with Crippen molar-refractivity contribution in [1.82, 2.24) is 29.7 Å². The maximum Gasteiger partial charge on any atom is 0.293 e. The summed E-state index contributed by atoms with van der Waals surface area (Å²) >= 11 is 6.57. The van der Waals surface area contributed by atoms with Crippen LogP contribution in [-0.4, -0.2) is 124 Å². The van der Waals surface area contributed by atoms with Crippen LogP contribution in [0.15, 0.2) is 53.5 Å². The monoisotopic (exact) mass is 880 g/mol. The Morgan fingerprint density at radius 1 is 0.905 bits per heavy atom. The second-order valence-corrected chi connectivity index (χ2v) is 17.5. The summed E-state index contributed by atoms with van der Waals surface area (Å²) in [5.41, 5.74) is 7.76. The number of primary amides is 1. The standard InChI is InChI=1S/C44H49ClN10O8/c1-24(2)54-34-6-3-26(17-25(34)18-36(43(54)61)62-23-37(46)56)48-39-33(45)22-47-44(50-39)53-11-9-29(10-12-53)63-30-19-28(20-30)52-15-13-51(14-16-52)27-4-5-31-32(21-27)42(60)55(41(31)59)35-7-8-38(57)49-40(35)58/h3-6,17-18,21-22,24,28-30,35H,7-16,19-20,23H2,1-2H3,(H2,46,56)(H,47,48,50)(H,49,57,58)/t28-,30-,35?. The Labute approximate surface area is 367 Å². The van der Waals surface area contributed by atoms with Gasteiger partial charge in [0, 0.05) is 74.5 Å². The number of pyridine rings is 1. The molecule has 330 valence electrons. The Bertz CT molecular complexity index is 2560. The van der Waals surface area contributed by atoms with Gasteiger partial charge in [0.05, 0.1) is 35.0 Å². The molecule has 1 atom stereocenters. The van der Waals surface area contributed by atoms with Crippen molar-refractivity contribution in [1.29, 1.82) is 0 Å². The zero-order valence-electron chi connectivity index (χ0n) is 35.0. The number of halogens is 1. The lowest BCUT2D eigenvalue weighted by molar-refractivity contribution is -0.136. The number of nitrogens with one attached hydrogen (secondary N) is 2. The molecule has 2 aromatic heterocycles. The molecule has 5 aliphatic rings. The fourth-order valence-electron chi connectivity index (χ4n) is 9.31. The lowest BCUT2D eigenvalue weighted by Gasteiger charge is -2.47. The largest absolute Gasteiger partial charge is 0.478 e. The zero-order chi connectivity index (χ0) is 44.1. The number of ether oxygens (including phenoxy) is 2. The molecule has 0 bridgehead atoms. The van der Waals surface area contributed by atoms with Crippen LogP contribution in [0, 0.1) is 0 Å². The van der Waals surface area contributed by atoms with Crippen LogP contribution in [0.4, 0.5) is 23.1 Å². The second kappa shape index (κ2) is 17.2. The van der Waals surface area contributed by atoms with Gasteiger partial charge < -0.3 is 34.9 Å². The second-order valence-electron chi connectivity index (χ2n) is 17.1. The topological polar surface area (TPSA) is 215 Å². The third-order valence-corrected chi connectivity index (χ3v) is 13.0. The van der Waals surface area contributed by atoms with Crippen molar-refractivity contribution in [2.75, 3.05) is 61.0 Å². The summed E-state index contributed by atoms with van der Waals surface area (Å²) < 4.78 is 13.6. The number of anilines is 4. The average molecular weight is 881 g/mol. The number of benzene rings is 2. The average Bonchev–Trinajstić information content (AvgIpc) is 3.50. The van der Waals surface area contributed by atoms with Crippen LogP contribution in [0.1, 0.15) is 79.1 Å². The molecule has 18 nitrogen and oxygen atoms in total. The van der Waals surface area contributed by atoms with Crippen molar-refractivity contribution < 1.29 is 33.4 Å². The summed E-state index contributed by atoms with van der Waals surface area (Å²) in [5.74, 6) is -1.64. The molecule has 19 heteroatoms. The number of hydrogen-bond acceptors (Lipinski definition) is 14. The number of nitrogens with two attached hydrogens (primary N) is 1. The first-order valence-electron chi connectivity index (χ1n) is 21.5. The fraction of sp³-hybridized carbons (Fsp3) is 0.455. The van der Waals surface area contributed by atoms with Crippen molar-refractivity contribution in [3.05, 3.63) is 75.2 Å². The number of piperidine rings is 2. The molecule has 6 heterocycles. The minimum Gasteiger partial charge on any atom is -0.478 e. The van der Waals surface area contributed by atoms with E-state index in [0.29, 0.717) is 39.6 Å². The minimum absolute atomic E-state index is 0.0351. The van der Waals surface area contributed by atoms with Gasteiger partial charge in [0.1, 0.15) is 11.1 Å². The van der Waals surface area contributed by atoms with Crippen molar-refractivity contribution in [3.63, 3.8) is 0 Å². The number of carbonyl (C=O) groups excluding carboxylic acids is 5. The first kappa shape index (κ1) is 42.2. The quantitative estimate of drug-likeness (QED) is 0.174. The van der Waals surface area contributed by atoms with Crippen LogP contribution in [-0.2, 0) is 19.1 Å². The molecule has 1 saturated carbocycles. The van der Waals surface area contributed by atoms with Gasteiger partial charge in [-0.25, -0.2) is 4.98 Å². The van der Waals surface area contributed by atoms with E-state index in [1.54, 1.807) is 29.0 Å². The van der Waals surface area contributed by atoms with Crippen LogP contribution >= 0.6 is 11.6 Å². The number of carbonyl (C=O) groups is 5. The fourth-order valence-corrected chi connectivity index (χ4v) is 9.45. The Hall–Kier alpha value is -6.11. The maximum atomic E-state index is 13.4. The number of rotatable bonds is 12. The molecular formula is C44H49ClN10O8. The molecule has 3 saturated heterocycles. The molecule has 4 fully saturated rings. The molecular weight excluding hydrogens is 832 g/mol. The summed E-state index contributed by atoms with van der Waals surface area (Å²) in [6.07, 6.45) is 5.80. The predicted octanol–water partition coefficient (Wildman–Crippen LogP) is 3.37. The molecule has 4 N–H and O–H groups in total. The van der Waals surface area contributed by atoms with Crippen LogP contribution in [0.3, 0.4) is 0 Å². The van der Waals surface area contributed by atoms with E-state index in [9.17, 15) is 28.8 Å². The van der Waals surface area contributed by atoms with Gasteiger partial charge in [-0.3, -0.25) is 43.9 Å². The molecule has 5 amide bonds. The first-order chi connectivity index (χ1) is 30.3. The molecule has 1 unspecified atom stereocenters. The van der Waals surface area contributed by atoms with E-state index in [0.717, 1.165) is 80.9 Å². The van der Waals surface area contributed by atoms with Gasteiger partial charge in [-0.15, -0.1) is 0 Å². The van der Waals surface area contributed by atoms with Gasteiger partial charge in [-0.05, 0) is 88.4 Å². The maximum absolute atomic E-state index is 13.4. The molecule has 4 aromatic rings. The number of piperazine rings is 1. The van der Waals surface area contributed by atoms with Gasteiger partial charge in [0.2, 0.25) is 17.8 Å². The van der Waals surface area contributed by atoms with Crippen molar-refractivity contribution >= 4 is 75.2 Å². The highest BCUT2D eigenvalue weighted by Gasteiger charge is 2.45. The highest BCUT2D eigenvalue weighted by Crippen LogP contribution is 2.35. The molecule has 0 spiro atoms. The van der Waals surface area contributed by atoms with Crippen LogP contribution < -0.4 is 36.5 Å². The van der Waals surface area contributed by atoms with E-state index in [2.05, 4.69) is 30.3 Å². The van der Waals surface area contributed by atoms with Crippen molar-refractivity contribution in [2.45, 2.75) is 82.7 Å². The van der Waals surface area contributed by atoms with Crippen LogP contribution in [0.2, 0.25) is 5.02 Å². The van der Waals surface area contributed by atoms with Crippen LogP contribution in [0.5, 0.6) is 5.75 Å². The number of imide groups is 2. The lowest BCUT2D eigenvalue weighted by atomic mass is 9.87. The van der Waals surface area contributed by atoms with Gasteiger partial charge in [-0.1, -0.05) is 11.6 Å². The summed E-state index contributed by atoms with van der Waals surface area (Å²) in [6.45, 7) is 8.16. The van der Waals surface area contributed by atoms with E-state index < -0.39 is 42.2 Å². The predicted molar refractivity (Wildman–Crippen MR) is 234 cm³/mol. The van der Waals surface area contributed by atoms with Gasteiger partial charge in [0.15, 0.2) is 18.2 Å². The normalized spacial score (nSPS) is 22.1. The third-order valence-electron chi connectivity index (χ3n) is 12.7. The van der Waals surface area contributed by atoms with E-state index in [-0.39, 0.29) is 48.0 Å². The highest BCUT2D eigenvalue weighted by molar-refractivity contribution is 6.33. The van der Waals surface area contributed by atoms with Gasteiger partial charge in [-0.2, -0.15) is 4.98 Å². The van der Waals surface area contributed by atoms with E-state index in [1.165, 1.54) is 0 Å². The van der Waals surface area contributed by atoms with Crippen molar-refractivity contribution in [2.24, 2.45) is 5.73 Å². The summed E-state index contributed by atoms with van der Waals surface area (Å²) in [4.78, 5) is 92.3. The van der Waals surface area contributed by atoms with Gasteiger partial charge in [0.25, 0.3) is 23.3 Å². The molecule has 4 aliphatic heterocycles. The molecule has 1 aliphatic carbocycles. The Morgan fingerprint density at radius 3 is 2.37 bits per heavy atom. The Balaban J connectivity index is 0.744. The summed E-state index contributed by atoms with van der Waals surface area (Å²) in [7, 11) is 0. The summed E-state index contributed by atoms with van der Waals surface area (Å²) in [5, 5.41) is 6.62. The number of amides is 5. The summed E-state index contributed by atoms with van der Waals surface area (Å²) in [6, 6.07) is 11.8. The van der Waals surface area contributed by atoms with E-state index in [1.807, 2.05) is 38.1 Å².